The molecule has 3 unspecified atom stereocenters. The Morgan fingerprint density at radius 3 is 2.89 bits per heavy atom. The first kappa shape index (κ1) is 12.6. The number of nitro groups is 1. The second kappa shape index (κ2) is 4.12. The molecule has 0 aromatic heterocycles. The second-order valence-electron chi connectivity index (χ2n) is 4.83. The molecule has 0 N–H and O–H groups in total. The molecule has 98 valence electrons. The van der Waals surface area contributed by atoms with Crippen LogP contribution < -0.4 is 0 Å². The largest absolute Gasteiger partial charge is 0.488 e. The van der Waals surface area contributed by atoms with Gasteiger partial charge in [-0.2, -0.15) is 0 Å². The highest BCUT2D eigenvalue weighted by Gasteiger charge is 2.52. The van der Waals surface area contributed by atoms with Gasteiger partial charge in [0.05, 0.1) is 23.6 Å². The lowest BCUT2D eigenvalue weighted by atomic mass is 9.71. The molecule has 3 atom stereocenters. The van der Waals surface area contributed by atoms with Crippen LogP contribution in [0.4, 0.5) is 0 Å². The first-order valence-corrected chi connectivity index (χ1v) is 5.73. The van der Waals surface area contributed by atoms with Crippen molar-refractivity contribution in [2.45, 2.75) is 26.4 Å². The molecule has 1 aliphatic carbocycles. The summed E-state index contributed by atoms with van der Waals surface area (Å²) in [4.78, 5) is 22.4. The van der Waals surface area contributed by atoms with Crippen molar-refractivity contribution >= 4 is 5.97 Å². The molecule has 2 aliphatic rings. The fraction of sp³-hybridized carbons (Fsp3) is 0.583. The van der Waals surface area contributed by atoms with Crippen LogP contribution in [-0.2, 0) is 14.3 Å². The topological polar surface area (TPSA) is 78.7 Å². The lowest BCUT2D eigenvalue weighted by Gasteiger charge is -2.30. The van der Waals surface area contributed by atoms with Crippen LogP contribution in [0, 0.1) is 21.4 Å². The fourth-order valence-corrected chi connectivity index (χ4v) is 2.57. The van der Waals surface area contributed by atoms with Crippen LogP contribution in [0.5, 0.6) is 0 Å². The van der Waals surface area contributed by atoms with Gasteiger partial charge in [-0.3, -0.25) is 14.9 Å². The Hall–Kier alpha value is -1.85. The summed E-state index contributed by atoms with van der Waals surface area (Å²) in [5.41, 5.74) is -0.959. The van der Waals surface area contributed by atoms with Gasteiger partial charge in [-0.15, -0.1) is 0 Å². The lowest BCUT2D eigenvalue weighted by molar-refractivity contribution is -0.423. The Labute approximate surface area is 104 Å². The van der Waals surface area contributed by atoms with E-state index in [0.29, 0.717) is 12.2 Å². The summed E-state index contributed by atoms with van der Waals surface area (Å²) in [7, 11) is 1.31. The monoisotopic (exact) mass is 253 g/mol. The van der Waals surface area contributed by atoms with Crippen LogP contribution in [0.1, 0.15) is 20.3 Å². The van der Waals surface area contributed by atoms with Crippen LogP contribution in [0.15, 0.2) is 23.6 Å². The van der Waals surface area contributed by atoms with Crippen molar-refractivity contribution in [3.8, 4) is 0 Å². The average Bonchev–Trinajstić information content (AvgIpc) is 2.70. The summed E-state index contributed by atoms with van der Waals surface area (Å²) in [6.45, 7) is 3.55. The normalized spacial score (nSPS) is 33.9. The number of carbonyl (C=O) groups excluding carboxylic acids is 1. The van der Waals surface area contributed by atoms with Gasteiger partial charge in [0.25, 0.3) is 0 Å². The molecular formula is C12H15NO5. The SMILES string of the molecule is COC(=O)C1(C)C=CC([N+](=O)[O-])=C2OC(C)CC21. The van der Waals surface area contributed by atoms with Crippen LogP contribution in [0.25, 0.3) is 0 Å². The maximum atomic E-state index is 11.9. The third-order valence-electron chi connectivity index (χ3n) is 3.60. The Morgan fingerprint density at radius 2 is 2.33 bits per heavy atom. The van der Waals surface area contributed by atoms with Gasteiger partial charge in [0.1, 0.15) is 0 Å². The Morgan fingerprint density at radius 1 is 1.67 bits per heavy atom. The zero-order chi connectivity index (χ0) is 13.5. The molecule has 18 heavy (non-hydrogen) atoms. The van der Waals surface area contributed by atoms with Crippen LogP contribution in [-0.4, -0.2) is 24.1 Å². The molecule has 0 bridgehead atoms. The number of rotatable bonds is 2. The third-order valence-corrected chi connectivity index (χ3v) is 3.60. The predicted octanol–water partition coefficient (Wildman–Crippen LogP) is 1.65. The first-order valence-electron chi connectivity index (χ1n) is 5.73. The molecule has 6 heteroatoms. The van der Waals surface area contributed by atoms with E-state index in [4.69, 9.17) is 9.47 Å². The zero-order valence-corrected chi connectivity index (χ0v) is 10.5. The van der Waals surface area contributed by atoms with Gasteiger partial charge in [-0.05, 0) is 20.3 Å². The molecule has 1 aliphatic heterocycles. The van der Waals surface area contributed by atoms with Gasteiger partial charge in [0.2, 0.25) is 0 Å². The number of esters is 1. The van der Waals surface area contributed by atoms with Crippen molar-refractivity contribution in [2.75, 3.05) is 7.11 Å². The standard InChI is InChI=1S/C12H15NO5/c1-7-6-8-10(18-7)9(13(15)16)4-5-12(8,2)11(14)17-3/h4-5,7-8H,6H2,1-3H3. The number of hydrogen-bond acceptors (Lipinski definition) is 5. The van der Waals surface area contributed by atoms with Gasteiger partial charge in [-0.25, -0.2) is 0 Å². The minimum Gasteiger partial charge on any atom is -0.488 e. The summed E-state index contributed by atoms with van der Waals surface area (Å²) >= 11 is 0. The van der Waals surface area contributed by atoms with E-state index in [9.17, 15) is 14.9 Å². The summed E-state index contributed by atoms with van der Waals surface area (Å²) in [6, 6.07) is 0. The number of ether oxygens (including phenoxy) is 2. The van der Waals surface area contributed by atoms with Crippen molar-refractivity contribution in [3.63, 3.8) is 0 Å². The minimum absolute atomic E-state index is 0.0641. The molecule has 0 amide bonds. The molecule has 0 saturated carbocycles. The lowest BCUT2D eigenvalue weighted by Crippen LogP contribution is -2.37. The summed E-state index contributed by atoms with van der Waals surface area (Å²) in [5, 5.41) is 11.0. The van der Waals surface area contributed by atoms with Crippen molar-refractivity contribution in [3.05, 3.63) is 33.7 Å². The molecule has 1 heterocycles. The summed E-state index contributed by atoms with van der Waals surface area (Å²) in [5.74, 6) is -0.436. The van der Waals surface area contributed by atoms with E-state index in [1.54, 1.807) is 13.0 Å². The summed E-state index contributed by atoms with van der Waals surface area (Å²) < 4.78 is 10.3. The minimum atomic E-state index is -0.894. The molecule has 0 radical (unpaired) electrons. The molecule has 1 saturated heterocycles. The molecule has 0 aromatic rings. The Balaban J connectivity index is 2.47. The maximum Gasteiger partial charge on any atom is 0.316 e. The molecule has 6 nitrogen and oxygen atoms in total. The van der Waals surface area contributed by atoms with Gasteiger partial charge < -0.3 is 9.47 Å². The fourth-order valence-electron chi connectivity index (χ4n) is 2.57. The van der Waals surface area contributed by atoms with Crippen LogP contribution >= 0.6 is 0 Å². The van der Waals surface area contributed by atoms with Gasteiger partial charge in [0.15, 0.2) is 5.76 Å². The highest BCUT2D eigenvalue weighted by Crippen LogP contribution is 2.48. The van der Waals surface area contributed by atoms with E-state index in [2.05, 4.69) is 0 Å². The average molecular weight is 253 g/mol. The Kier molecular flexibility index (Phi) is 2.88. The van der Waals surface area contributed by atoms with Crippen molar-refractivity contribution in [1.82, 2.24) is 0 Å². The van der Waals surface area contributed by atoms with Crippen LogP contribution in [0.3, 0.4) is 0 Å². The first-order chi connectivity index (χ1) is 8.40. The van der Waals surface area contributed by atoms with Crippen LogP contribution in [0.2, 0.25) is 0 Å². The van der Waals surface area contributed by atoms with E-state index in [1.165, 1.54) is 13.2 Å². The zero-order valence-electron chi connectivity index (χ0n) is 10.5. The van der Waals surface area contributed by atoms with E-state index >= 15 is 0 Å². The predicted molar refractivity (Wildman–Crippen MR) is 61.9 cm³/mol. The van der Waals surface area contributed by atoms with E-state index in [1.807, 2.05) is 6.92 Å². The highest BCUT2D eigenvalue weighted by atomic mass is 16.6. The van der Waals surface area contributed by atoms with E-state index < -0.39 is 16.3 Å². The van der Waals surface area contributed by atoms with E-state index in [-0.39, 0.29) is 17.7 Å². The highest BCUT2D eigenvalue weighted by molar-refractivity contribution is 5.80. The number of methoxy groups -OCH3 is 1. The molecule has 0 aromatic carbocycles. The number of nitrogens with zero attached hydrogens (tertiary/aromatic N) is 1. The van der Waals surface area contributed by atoms with E-state index in [0.717, 1.165) is 0 Å². The van der Waals surface area contributed by atoms with Gasteiger partial charge in [0, 0.05) is 12.0 Å². The summed E-state index contributed by atoms with van der Waals surface area (Å²) in [6.07, 6.45) is 3.32. The number of carbonyl (C=O) groups is 1. The molecule has 0 spiro atoms. The second-order valence-corrected chi connectivity index (χ2v) is 4.83. The van der Waals surface area contributed by atoms with Crippen molar-refractivity contribution in [2.24, 2.45) is 11.3 Å². The smallest absolute Gasteiger partial charge is 0.316 e. The molecule has 2 rings (SSSR count). The van der Waals surface area contributed by atoms with Gasteiger partial charge in [-0.1, -0.05) is 6.08 Å². The maximum absolute atomic E-state index is 11.9. The third kappa shape index (κ3) is 1.68. The molecular weight excluding hydrogens is 238 g/mol. The number of fused-ring (bicyclic) bond motifs is 1. The quantitative estimate of drug-likeness (QED) is 0.424. The number of hydrogen-bond donors (Lipinski definition) is 0. The van der Waals surface area contributed by atoms with Crippen molar-refractivity contribution in [1.29, 1.82) is 0 Å². The Bertz CT molecular complexity index is 467. The van der Waals surface area contributed by atoms with Gasteiger partial charge >= 0.3 is 11.7 Å². The number of allylic oxidation sites excluding steroid dienone is 2. The molecule has 1 fully saturated rings. The van der Waals surface area contributed by atoms with Crippen molar-refractivity contribution < 1.29 is 19.2 Å².